The minimum Gasteiger partial charge on any atom is -0.342 e. The summed E-state index contributed by atoms with van der Waals surface area (Å²) >= 11 is 6.20. The van der Waals surface area contributed by atoms with Crippen LogP contribution in [-0.2, 0) is 13.1 Å². The highest BCUT2D eigenvalue weighted by Crippen LogP contribution is 2.29. The van der Waals surface area contributed by atoms with Crippen LogP contribution in [-0.4, -0.2) is 40.6 Å². The lowest BCUT2D eigenvalue weighted by Gasteiger charge is -2.27. The Labute approximate surface area is 169 Å². The maximum Gasteiger partial charge on any atom is 0.0727 e. The van der Waals surface area contributed by atoms with E-state index in [0.29, 0.717) is 0 Å². The number of nitrogens with zero attached hydrogens (tertiary/aromatic N) is 3. The molecule has 0 saturated carbocycles. The molecule has 0 unspecified atom stereocenters. The van der Waals surface area contributed by atoms with Crippen LogP contribution in [0, 0.1) is 0 Å². The molecule has 0 spiro atoms. The quantitative estimate of drug-likeness (QED) is 0.564. The summed E-state index contributed by atoms with van der Waals surface area (Å²) < 4.78 is 2.33. The molecule has 1 N–H and O–H groups in total. The highest BCUT2D eigenvalue weighted by atomic mass is 35.5. The van der Waals surface area contributed by atoms with Gasteiger partial charge in [-0.05, 0) is 29.8 Å². The third kappa shape index (κ3) is 3.39. The fourth-order valence-electron chi connectivity index (χ4n) is 4.15. The second-order valence-corrected chi connectivity index (χ2v) is 7.87. The molecule has 4 nitrogen and oxygen atoms in total. The van der Waals surface area contributed by atoms with Gasteiger partial charge in [-0.2, -0.15) is 0 Å². The third-order valence-electron chi connectivity index (χ3n) is 5.51. The SMILES string of the molecule is Clc1cccc(Cn2ccc3c(CN4CCNCC4)nc4ccccc4c32)c1. The van der Waals surface area contributed by atoms with Crippen molar-refractivity contribution in [2.45, 2.75) is 13.1 Å². The Kier molecular flexibility index (Phi) is 4.77. The molecule has 1 aliphatic rings. The predicted octanol–water partition coefficient (Wildman–Crippen LogP) is 4.30. The van der Waals surface area contributed by atoms with Crippen molar-refractivity contribution < 1.29 is 0 Å². The van der Waals surface area contributed by atoms with Gasteiger partial charge in [-0.1, -0.05) is 41.9 Å². The van der Waals surface area contributed by atoms with Crippen LogP contribution in [0.3, 0.4) is 0 Å². The highest BCUT2D eigenvalue weighted by molar-refractivity contribution is 6.30. The Morgan fingerprint density at radius 3 is 2.64 bits per heavy atom. The van der Waals surface area contributed by atoms with Gasteiger partial charge in [0.2, 0.25) is 0 Å². The molecular formula is C23H23ClN4. The zero-order valence-corrected chi connectivity index (χ0v) is 16.5. The molecule has 0 radical (unpaired) electrons. The minimum absolute atomic E-state index is 0.778. The Morgan fingerprint density at radius 1 is 0.929 bits per heavy atom. The topological polar surface area (TPSA) is 33.1 Å². The molecule has 0 aliphatic carbocycles. The monoisotopic (exact) mass is 390 g/mol. The van der Waals surface area contributed by atoms with Crippen LogP contribution >= 0.6 is 11.6 Å². The molecule has 5 rings (SSSR count). The zero-order valence-electron chi connectivity index (χ0n) is 15.7. The lowest BCUT2D eigenvalue weighted by atomic mass is 10.1. The average Bonchev–Trinajstić information content (AvgIpc) is 3.13. The molecule has 142 valence electrons. The summed E-state index contributed by atoms with van der Waals surface area (Å²) in [6, 6.07) is 18.8. The van der Waals surface area contributed by atoms with Gasteiger partial charge in [-0.15, -0.1) is 0 Å². The summed E-state index contributed by atoms with van der Waals surface area (Å²) in [6.45, 7) is 5.92. The number of para-hydroxylation sites is 1. The zero-order chi connectivity index (χ0) is 18.9. The van der Waals surface area contributed by atoms with Crippen molar-refractivity contribution in [1.29, 1.82) is 0 Å². The second kappa shape index (κ2) is 7.55. The van der Waals surface area contributed by atoms with Crippen molar-refractivity contribution in [3.05, 3.63) is 77.1 Å². The second-order valence-electron chi connectivity index (χ2n) is 7.44. The molecule has 5 heteroatoms. The number of rotatable bonds is 4. The number of benzene rings is 2. The van der Waals surface area contributed by atoms with Crippen LogP contribution in [0.2, 0.25) is 5.02 Å². The smallest absolute Gasteiger partial charge is 0.0727 e. The van der Waals surface area contributed by atoms with Gasteiger partial charge in [0.05, 0.1) is 16.7 Å². The molecule has 0 amide bonds. The normalized spacial score (nSPS) is 15.5. The van der Waals surface area contributed by atoms with Gasteiger partial charge in [0.1, 0.15) is 0 Å². The number of nitrogens with one attached hydrogen (secondary N) is 1. The third-order valence-corrected chi connectivity index (χ3v) is 5.75. The van der Waals surface area contributed by atoms with Crippen LogP contribution in [0.15, 0.2) is 60.8 Å². The number of piperazine rings is 1. The molecule has 3 heterocycles. The summed E-state index contributed by atoms with van der Waals surface area (Å²) in [6.07, 6.45) is 2.18. The van der Waals surface area contributed by atoms with E-state index in [1.54, 1.807) is 0 Å². The van der Waals surface area contributed by atoms with Crippen molar-refractivity contribution >= 4 is 33.4 Å². The Balaban J connectivity index is 1.62. The van der Waals surface area contributed by atoms with Gasteiger partial charge in [0, 0.05) is 61.3 Å². The minimum atomic E-state index is 0.778. The molecular weight excluding hydrogens is 368 g/mol. The first kappa shape index (κ1) is 17.7. The maximum atomic E-state index is 6.20. The largest absolute Gasteiger partial charge is 0.342 e. The van der Waals surface area contributed by atoms with Gasteiger partial charge < -0.3 is 9.88 Å². The van der Waals surface area contributed by atoms with E-state index in [2.05, 4.69) is 57.4 Å². The summed E-state index contributed by atoms with van der Waals surface area (Å²) in [5, 5.41) is 6.66. The fraction of sp³-hybridized carbons (Fsp3) is 0.261. The van der Waals surface area contributed by atoms with Gasteiger partial charge in [0.15, 0.2) is 0 Å². The van der Waals surface area contributed by atoms with Gasteiger partial charge >= 0.3 is 0 Å². The lowest BCUT2D eigenvalue weighted by molar-refractivity contribution is 0.232. The van der Waals surface area contributed by atoms with E-state index in [-0.39, 0.29) is 0 Å². The standard InChI is InChI=1S/C23H23ClN4/c24-18-5-3-4-17(14-18)15-28-11-8-20-22(16-27-12-9-25-10-13-27)26-21-7-2-1-6-19(21)23(20)28/h1-8,11,14,25H,9-10,12-13,15-16H2. The molecule has 2 aromatic heterocycles. The van der Waals surface area contributed by atoms with Crippen molar-refractivity contribution in [1.82, 2.24) is 19.8 Å². The van der Waals surface area contributed by atoms with E-state index >= 15 is 0 Å². The van der Waals surface area contributed by atoms with Crippen molar-refractivity contribution in [2.75, 3.05) is 26.2 Å². The summed E-state index contributed by atoms with van der Waals surface area (Å²) in [4.78, 5) is 7.52. The molecule has 28 heavy (non-hydrogen) atoms. The summed E-state index contributed by atoms with van der Waals surface area (Å²) in [5.74, 6) is 0. The molecule has 0 bridgehead atoms. The number of aromatic nitrogens is 2. The number of pyridine rings is 1. The van der Waals surface area contributed by atoms with Gasteiger partial charge in [0.25, 0.3) is 0 Å². The van der Waals surface area contributed by atoms with Crippen LogP contribution < -0.4 is 5.32 Å². The fourth-order valence-corrected chi connectivity index (χ4v) is 4.36. The maximum absolute atomic E-state index is 6.20. The summed E-state index contributed by atoms with van der Waals surface area (Å²) in [7, 11) is 0. The molecule has 1 aliphatic heterocycles. The summed E-state index contributed by atoms with van der Waals surface area (Å²) in [5.41, 5.74) is 4.69. The number of hydrogen-bond acceptors (Lipinski definition) is 3. The van der Waals surface area contributed by atoms with Crippen LogP contribution in [0.5, 0.6) is 0 Å². The molecule has 0 atom stereocenters. The number of hydrogen-bond donors (Lipinski definition) is 1. The van der Waals surface area contributed by atoms with Crippen LogP contribution in [0.4, 0.5) is 0 Å². The Bertz CT molecular complexity index is 1130. The first-order valence-electron chi connectivity index (χ1n) is 9.82. The van der Waals surface area contributed by atoms with E-state index in [0.717, 1.165) is 49.8 Å². The molecule has 1 fully saturated rings. The van der Waals surface area contributed by atoms with Crippen molar-refractivity contribution in [3.63, 3.8) is 0 Å². The Hall–Kier alpha value is -2.40. The highest BCUT2D eigenvalue weighted by Gasteiger charge is 2.16. The van der Waals surface area contributed by atoms with Gasteiger partial charge in [-0.3, -0.25) is 9.88 Å². The van der Waals surface area contributed by atoms with E-state index in [4.69, 9.17) is 16.6 Å². The molecule has 1 saturated heterocycles. The van der Waals surface area contributed by atoms with E-state index in [9.17, 15) is 0 Å². The Morgan fingerprint density at radius 2 is 1.79 bits per heavy atom. The average molecular weight is 391 g/mol. The van der Waals surface area contributed by atoms with Crippen molar-refractivity contribution in [3.8, 4) is 0 Å². The first-order valence-corrected chi connectivity index (χ1v) is 10.2. The molecule has 2 aromatic carbocycles. The lowest BCUT2D eigenvalue weighted by Crippen LogP contribution is -2.43. The van der Waals surface area contributed by atoms with Crippen molar-refractivity contribution in [2.24, 2.45) is 0 Å². The molecule has 4 aromatic rings. The number of fused-ring (bicyclic) bond motifs is 3. The predicted molar refractivity (Wildman–Crippen MR) is 116 cm³/mol. The number of halogens is 1. The van der Waals surface area contributed by atoms with Gasteiger partial charge in [-0.25, -0.2) is 0 Å². The van der Waals surface area contributed by atoms with E-state index in [1.807, 2.05) is 18.2 Å². The first-order chi connectivity index (χ1) is 13.8. The van der Waals surface area contributed by atoms with E-state index < -0.39 is 0 Å². The van der Waals surface area contributed by atoms with Crippen LogP contribution in [0.25, 0.3) is 21.8 Å². The van der Waals surface area contributed by atoms with Crippen LogP contribution in [0.1, 0.15) is 11.3 Å². The van der Waals surface area contributed by atoms with E-state index in [1.165, 1.54) is 27.5 Å².